The van der Waals surface area contributed by atoms with Gasteiger partial charge in [0, 0.05) is 9.90 Å². The summed E-state index contributed by atoms with van der Waals surface area (Å²) in [5.74, 6) is 0. The molecule has 2 N–H and O–H groups in total. The lowest BCUT2D eigenvalue weighted by molar-refractivity contribution is 1.52. The molecule has 1 aromatic carbocycles. The number of nitrogen functional groups attached to an aromatic ring is 1. The molecule has 2 nitrogen and oxygen atoms in total. The molecule has 0 unspecified atom stereocenters. The van der Waals surface area contributed by atoms with Crippen LogP contribution in [0.1, 0.15) is 4.88 Å². The lowest BCUT2D eigenvalue weighted by atomic mass is 10.2. The molecule has 0 spiro atoms. The summed E-state index contributed by atoms with van der Waals surface area (Å²) in [4.78, 5) is 1.51. The van der Waals surface area contributed by atoms with E-state index in [0.29, 0.717) is 15.6 Å². The molecule has 0 saturated heterocycles. The molecule has 1 aromatic heterocycles. The number of hydrogen-bond acceptors (Lipinski definition) is 3. The third-order valence-corrected chi connectivity index (χ3v) is 3.31. The van der Waals surface area contributed by atoms with E-state index in [9.17, 15) is 0 Å². The van der Waals surface area contributed by atoms with Gasteiger partial charge >= 0.3 is 0 Å². The summed E-state index contributed by atoms with van der Waals surface area (Å²) in [6, 6.07) is 11.3. The standard InChI is InChI=1S/C11H7ClN2S/c12-8-3-1-2-7(4-8)10-5-9(14)11(6-13)15-10/h1-5H,14H2. The highest BCUT2D eigenvalue weighted by molar-refractivity contribution is 7.16. The highest BCUT2D eigenvalue weighted by atomic mass is 35.5. The summed E-state index contributed by atoms with van der Waals surface area (Å²) in [5, 5.41) is 9.47. The Bertz CT molecular complexity index is 540. The Morgan fingerprint density at radius 3 is 2.73 bits per heavy atom. The third-order valence-electron chi connectivity index (χ3n) is 1.97. The fraction of sp³-hybridized carbons (Fsp3) is 0. The molecule has 74 valence electrons. The zero-order valence-corrected chi connectivity index (χ0v) is 9.27. The van der Waals surface area contributed by atoms with Gasteiger partial charge in [0.25, 0.3) is 0 Å². The Labute approximate surface area is 96.5 Å². The minimum absolute atomic E-state index is 0.525. The second-order valence-electron chi connectivity index (χ2n) is 3.02. The number of benzene rings is 1. The summed E-state index contributed by atoms with van der Waals surface area (Å²) >= 11 is 7.26. The van der Waals surface area contributed by atoms with Crippen molar-refractivity contribution in [2.24, 2.45) is 0 Å². The molecular weight excluding hydrogens is 228 g/mol. The van der Waals surface area contributed by atoms with Gasteiger partial charge in [-0.3, -0.25) is 0 Å². The molecule has 2 rings (SSSR count). The van der Waals surface area contributed by atoms with E-state index in [1.807, 2.05) is 24.3 Å². The maximum atomic E-state index is 8.79. The number of nitrogens with zero attached hydrogens (tertiary/aromatic N) is 1. The largest absolute Gasteiger partial charge is 0.397 e. The van der Waals surface area contributed by atoms with Gasteiger partial charge in [0.1, 0.15) is 10.9 Å². The number of halogens is 1. The van der Waals surface area contributed by atoms with Crippen molar-refractivity contribution >= 4 is 28.6 Å². The molecule has 0 amide bonds. The molecule has 4 heteroatoms. The van der Waals surface area contributed by atoms with E-state index in [4.69, 9.17) is 22.6 Å². The lowest BCUT2D eigenvalue weighted by Crippen LogP contribution is -1.81. The number of thiophene rings is 1. The van der Waals surface area contributed by atoms with Gasteiger partial charge in [-0.25, -0.2) is 0 Å². The van der Waals surface area contributed by atoms with Gasteiger partial charge in [-0.15, -0.1) is 11.3 Å². The summed E-state index contributed by atoms with van der Waals surface area (Å²) in [6.45, 7) is 0. The number of rotatable bonds is 1. The van der Waals surface area contributed by atoms with Crippen LogP contribution in [0.3, 0.4) is 0 Å². The first kappa shape index (κ1) is 10.0. The van der Waals surface area contributed by atoms with E-state index in [0.717, 1.165) is 10.4 Å². The highest BCUT2D eigenvalue weighted by Crippen LogP contribution is 2.33. The molecule has 0 aliphatic heterocycles. The molecule has 0 radical (unpaired) electrons. The van der Waals surface area contributed by atoms with Crippen LogP contribution >= 0.6 is 22.9 Å². The Balaban J connectivity index is 2.51. The quantitative estimate of drug-likeness (QED) is 0.821. The normalized spacial score (nSPS) is 9.87. The number of nitrogens with two attached hydrogens (primary N) is 1. The van der Waals surface area contributed by atoms with E-state index < -0.39 is 0 Å². The maximum Gasteiger partial charge on any atom is 0.128 e. The van der Waals surface area contributed by atoms with E-state index in [1.165, 1.54) is 11.3 Å². The minimum atomic E-state index is 0.525. The van der Waals surface area contributed by atoms with Crippen molar-refractivity contribution in [2.75, 3.05) is 5.73 Å². The summed E-state index contributed by atoms with van der Waals surface area (Å²) < 4.78 is 0. The van der Waals surface area contributed by atoms with Crippen LogP contribution < -0.4 is 5.73 Å². The fourth-order valence-corrected chi connectivity index (χ4v) is 2.34. The molecular formula is C11H7ClN2S. The zero-order chi connectivity index (χ0) is 10.8. The molecule has 0 aliphatic rings. The average molecular weight is 235 g/mol. The molecule has 15 heavy (non-hydrogen) atoms. The van der Waals surface area contributed by atoms with E-state index in [1.54, 1.807) is 6.07 Å². The Morgan fingerprint density at radius 2 is 2.13 bits per heavy atom. The van der Waals surface area contributed by atoms with Gasteiger partial charge in [0.15, 0.2) is 0 Å². The van der Waals surface area contributed by atoms with Gasteiger partial charge in [-0.1, -0.05) is 23.7 Å². The smallest absolute Gasteiger partial charge is 0.128 e. The van der Waals surface area contributed by atoms with Crippen LogP contribution in [0.4, 0.5) is 5.69 Å². The monoisotopic (exact) mass is 234 g/mol. The highest BCUT2D eigenvalue weighted by Gasteiger charge is 2.07. The van der Waals surface area contributed by atoms with Crippen LogP contribution in [0, 0.1) is 11.3 Å². The van der Waals surface area contributed by atoms with Crippen LogP contribution in [0.15, 0.2) is 30.3 Å². The van der Waals surface area contributed by atoms with Gasteiger partial charge < -0.3 is 5.73 Å². The number of anilines is 1. The SMILES string of the molecule is N#Cc1sc(-c2cccc(Cl)c2)cc1N. The van der Waals surface area contributed by atoms with Crippen LogP contribution in [0.2, 0.25) is 5.02 Å². The molecule has 0 aliphatic carbocycles. The number of nitriles is 1. The van der Waals surface area contributed by atoms with Crippen molar-refractivity contribution in [1.29, 1.82) is 5.26 Å². The van der Waals surface area contributed by atoms with E-state index in [2.05, 4.69) is 6.07 Å². The summed E-state index contributed by atoms with van der Waals surface area (Å²) in [7, 11) is 0. The molecule has 0 bridgehead atoms. The van der Waals surface area contributed by atoms with Gasteiger partial charge in [-0.05, 0) is 23.8 Å². The molecule has 0 atom stereocenters. The van der Waals surface area contributed by atoms with Crippen LogP contribution in [-0.2, 0) is 0 Å². The molecule has 0 fully saturated rings. The second kappa shape index (κ2) is 3.93. The first-order valence-electron chi connectivity index (χ1n) is 4.26. The van der Waals surface area contributed by atoms with Gasteiger partial charge in [0.2, 0.25) is 0 Å². The first-order chi connectivity index (χ1) is 7.20. The summed E-state index contributed by atoms with van der Waals surface area (Å²) in [6.07, 6.45) is 0. The average Bonchev–Trinajstić information content (AvgIpc) is 2.60. The Hall–Kier alpha value is -1.50. The number of hydrogen-bond donors (Lipinski definition) is 1. The molecule has 2 aromatic rings. The third kappa shape index (κ3) is 1.96. The van der Waals surface area contributed by atoms with Crippen LogP contribution in [0.25, 0.3) is 10.4 Å². The van der Waals surface area contributed by atoms with Crippen molar-refractivity contribution in [1.82, 2.24) is 0 Å². The van der Waals surface area contributed by atoms with Crippen LogP contribution in [0.5, 0.6) is 0 Å². The first-order valence-corrected chi connectivity index (χ1v) is 5.45. The van der Waals surface area contributed by atoms with Gasteiger partial charge in [-0.2, -0.15) is 5.26 Å². The van der Waals surface area contributed by atoms with Crippen molar-refractivity contribution in [3.05, 3.63) is 40.2 Å². The summed E-state index contributed by atoms with van der Waals surface area (Å²) in [5.41, 5.74) is 7.19. The predicted octanol–water partition coefficient (Wildman–Crippen LogP) is 3.52. The Kier molecular flexibility index (Phi) is 2.63. The van der Waals surface area contributed by atoms with Crippen LogP contribution in [-0.4, -0.2) is 0 Å². The van der Waals surface area contributed by atoms with Crippen molar-refractivity contribution in [2.45, 2.75) is 0 Å². The second-order valence-corrected chi connectivity index (χ2v) is 4.51. The van der Waals surface area contributed by atoms with Gasteiger partial charge in [0.05, 0.1) is 5.69 Å². The van der Waals surface area contributed by atoms with Crippen molar-refractivity contribution in [3.8, 4) is 16.5 Å². The topological polar surface area (TPSA) is 49.8 Å². The predicted molar refractivity (Wildman–Crippen MR) is 63.9 cm³/mol. The van der Waals surface area contributed by atoms with E-state index >= 15 is 0 Å². The zero-order valence-electron chi connectivity index (χ0n) is 7.70. The molecule has 1 heterocycles. The molecule has 0 saturated carbocycles. The van der Waals surface area contributed by atoms with Crippen molar-refractivity contribution < 1.29 is 0 Å². The van der Waals surface area contributed by atoms with E-state index in [-0.39, 0.29) is 0 Å². The van der Waals surface area contributed by atoms with Crippen molar-refractivity contribution in [3.63, 3.8) is 0 Å². The Morgan fingerprint density at radius 1 is 1.33 bits per heavy atom. The maximum absolute atomic E-state index is 8.79. The fourth-order valence-electron chi connectivity index (χ4n) is 1.28. The lowest BCUT2D eigenvalue weighted by Gasteiger charge is -1.96. The minimum Gasteiger partial charge on any atom is -0.397 e.